The maximum atomic E-state index is 13.9. The van der Waals surface area contributed by atoms with Gasteiger partial charge in [0.25, 0.3) is 5.91 Å². The fourth-order valence-electron chi connectivity index (χ4n) is 3.59. The highest BCUT2D eigenvalue weighted by Crippen LogP contribution is 2.36. The summed E-state index contributed by atoms with van der Waals surface area (Å²) in [6, 6.07) is 8.98. The van der Waals surface area contributed by atoms with Gasteiger partial charge in [-0.05, 0) is 53.5 Å². The fourth-order valence-corrected chi connectivity index (χ4v) is 4.05. The molecule has 1 unspecified atom stereocenters. The molecule has 1 N–H and O–H groups in total. The average Bonchev–Trinajstić information content (AvgIpc) is 3.27. The Morgan fingerprint density at radius 1 is 1.26 bits per heavy atom. The van der Waals surface area contributed by atoms with Crippen molar-refractivity contribution in [1.82, 2.24) is 9.97 Å². The minimum atomic E-state index is -0.682. The van der Waals surface area contributed by atoms with Crippen LogP contribution in [-0.4, -0.2) is 21.9 Å². The summed E-state index contributed by atoms with van der Waals surface area (Å²) in [7, 11) is 0. The van der Waals surface area contributed by atoms with Crippen molar-refractivity contribution in [2.45, 2.75) is 32.9 Å². The number of carbonyl (C=O) groups is 1. The molecule has 1 aliphatic rings. The molecule has 0 spiro atoms. The number of hydrogen-bond acceptors (Lipinski definition) is 3. The Balaban J connectivity index is 1.59. The normalized spacial score (nSPS) is 16.7. The van der Waals surface area contributed by atoms with E-state index in [-0.39, 0.29) is 28.6 Å². The van der Waals surface area contributed by atoms with E-state index in [1.54, 1.807) is 17.3 Å². The van der Waals surface area contributed by atoms with Crippen LogP contribution in [0.3, 0.4) is 0 Å². The molecule has 5 nitrogen and oxygen atoms in total. The summed E-state index contributed by atoms with van der Waals surface area (Å²) in [6.07, 6.45) is 3.87. The van der Waals surface area contributed by atoms with E-state index >= 15 is 0 Å². The third-order valence-electron chi connectivity index (χ3n) is 5.23. The van der Waals surface area contributed by atoms with Gasteiger partial charge in [0.15, 0.2) is 0 Å². The van der Waals surface area contributed by atoms with Crippen LogP contribution in [0, 0.1) is 18.6 Å². The molecule has 0 fully saturated rings. The lowest BCUT2D eigenvalue weighted by Crippen LogP contribution is -2.43. The number of rotatable bonds is 5. The molecule has 1 aliphatic heterocycles. The van der Waals surface area contributed by atoms with Crippen LogP contribution in [0.25, 0.3) is 11.4 Å². The number of imidazole rings is 1. The van der Waals surface area contributed by atoms with Gasteiger partial charge >= 0.3 is 0 Å². The van der Waals surface area contributed by atoms with E-state index in [0.29, 0.717) is 12.2 Å². The van der Waals surface area contributed by atoms with Crippen LogP contribution in [0.15, 0.2) is 59.0 Å². The SMILES string of the molecule is Cc1ccc(-c2ncc[nH]2)cc1N1C(=O)C(Br)=C(OCc2ccc(F)cc2F)CC1C. The van der Waals surface area contributed by atoms with Gasteiger partial charge in [-0.3, -0.25) is 4.79 Å². The van der Waals surface area contributed by atoms with Crippen molar-refractivity contribution in [3.8, 4) is 11.4 Å². The molecule has 1 atom stereocenters. The molecule has 1 aromatic heterocycles. The fraction of sp³-hybridized carbons (Fsp3) is 0.217. The Morgan fingerprint density at radius 2 is 2.06 bits per heavy atom. The first kappa shape index (κ1) is 21.2. The highest BCUT2D eigenvalue weighted by Gasteiger charge is 2.34. The number of halogens is 3. The second kappa shape index (κ2) is 8.63. The van der Waals surface area contributed by atoms with Gasteiger partial charge in [0, 0.05) is 47.7 Å². The van der Waals surface area contributed by atoms with Crippen LogP contribution in [0.2, 0.25) is 0 Å². The predicted molar refractivity (Wildman–Crippen MR) is 117 cm³/mol. The monoisotopic (exact) mass is 487 g/mol. The summed E-state index contributed by atoms with van der Waals surface area (Å²) in [6.45, 7) is 3.78. The molecular formula is C23H20BrF2N3O2. The number of ether oxygens (including phenoxy) is 1. The van der Waals surface area contributed by atoms with Crippen LogP contribution >= 0.6 is 15.9 Å². The molecule has 1 amide bonds. The van der Waals surface area contributed by atoms with Crippen LogP contribution in [0.1, 0.15) is 24.5 Å². The van der Waals surface area contributed by atoms with Crippen molar-refractivity contribution in [1.29, 1.82) is 0 Å². The number of nitrogens with zero attached hydrogens (tertiary/aromatic N) is 2. The van der Waals surface area contributed by atoms with Gasteiger partial charge < -0.3 is 14.6 Å². The largest absolute Gasteiger partial charge is 0.492 e. The zero-order valence-electron chi connectivity index (χ0n) is 17.0. The molecule has 2 heterocycles. The van der Waals surface area contributed by atoms with Crippen molar-refractivity contribution in [2.24, 2.45) is 0 Å². The third-order valence-corrected chi connectivity index (χ3v) is 6.01. The minimum absolute atomic E-state index is 0.0937. The van der Waals surface area contributed by atoms with Crippen molar-refractivity contribution in [3.05, 3.63) is 81.8 Å². The van der Waals surface area contributed by atoms with Gasteiger partial charge in [0.05, 0.1) is 0 Å². The average molecular weight is 488 g/mol. The summed E-state index contributed by atoms with van der Waals surface area (Å²) in [4.78, 5) is 22.3. The van der Waals surface area contributed by atoms with Gasteiger partial charge in [-0.25, -0.2) is 13.8 Å². The standard InChI is InChI=1S/C23H20BrF2N3O2/c1-13-3-4-15(22-27-7-8-28-22)10-19(13)29-14(2)9-20(21(24)23(29)30)31-12-16-5-6-17(25)11-18(16)26/h3-8,10-11,14H,9,12H2,1-2H3,(H,27,28). The number of anilines is 1. The van der Waals surface area contributed by atoms with Gasteiger partial charge in [0.1, 0.15) is 34.3 Å². The number of aryl methyl sites for hydroxylation is 1. The Hall–Kier alpha value is -3.00. The number of aromatic amines is 1. The Kier molecular flexibility index (Phi) is 5.91. The maximum Gasteiger partial charge on any atom is 0.269 e. The summed E-state index contributed by atoms with van der Waals surface area (Å²) in [5.41, 5.74) is 2.83. The Bertz CT molecular complexity index is 1160. The number of hydrogen-bond donors (Lipinski definition) is 1. The molecule has 3 aromatic rings. The third kappa shape index (κ3) is 4.25. The Morgan fingerprint density at radius 3 is 2.77 bits per heavy atom. The minimum Gasteiger partial charge on any atom is -0.492 e. The van der Waals surface area contributed by atoms with Crippen LogP contribution in [0.4, 0.5) is 14.5 Å². The van der Waals surface area contributed by atoms with Crippen LogP contribution in [0.5, 0.6) is 0 Å². The first-order valence-electron chi connectivity index (χ1n) is 9.74. The lowest BCUT2D eigenvalue weighted by atomic mass is 10.0. The quantitative estimate of drug-likeness (QED) is 0.508. The molecule has 160 valence electrons. The zero-order valence-corrected chi connectivity index (χ0v) is 18.5. The van der Waals surface area contributed by atoms with Gasteiger partial charge in [0.2, 0.25) is 0 Å². The molecule has 0 radical (unpaired) electrons. The highest BCUT2D eigenvalue weighted by molar-refractivity contribution is 9.12. The van der Waals surface area contributed by atoms with Crippen molar-refractivity contribution in [3.63, 3.8) is 0 Å². The summed E-state index contributed by atoms with van der Waals surface area (Å²) in [5.74, 6) is -0.409. The molecule has 31 heavy (non-hydrogen) atoms. The molecule has 0 bridgehead atoms. The summed E-state index contributed by atoms with van der Waals surface area (Å²) in [5, 5.41) is 0. The van der Waals surface area contributed by atoms with Crippen molar-refractivity contribution >= 4 is 27.5 Å². The second-order valence-electron chi connectivity index (χ2n) is 7.43. The van der Waals surface area contributed by atoms with E-state index < -0.39 is 11.6 Å². The van der Waals surface area contributed by atoms with E-state index in [0.717, 1.165) is 28.7 Å². The number of carbonyl (C=O) groups excluding carboxylic acids is 1. The number of H-pyrrole nitrogens is 1. The molecule has 2 aromatic carbocycles. The lowest BCUT2D eigenvalue weighted by molar-refractivity contribution is -0.115. The zero-order chi connectivity index (χ0) is 22.1. The molecule has 0 saturated heterocycles. The van der Waals surface area contributed by atoms with Gasteiger partial charge in [-0.15, -0.1) is 0 Å². The molecule has 0 saturated carbocycles. The first-order valence-corrected chi connectivity index (χ1v) is 10.5. The molecular weight excluding hydrogens is 468 g/mol. The van der Waals surface area contributed by atoms with E-state index in [9.17, 15) is 13.6 Å². The van der Waals surface area contributed by atoms with E-state index in [4.69, 9.17) is 4.74 Å². The molecule has 4 rings (SSSR count). The van der Waals surface area contributed by atoms with Crippen LogP contribution < -0.4 is 4.90 Å². The summed E-state index contributed by atoms with van der Waals surface area (Å²) < 4.78 is 33.1. The lowest BCUT2D eigenvalue weighted by Gasteiger charge is -2.35. The first-order chi connectivity index (χ1) is 14.8. The number of nitrogens with one attached hydrogen (secondary N) is 1. The van der Waals surface area contributed by atoms with Crippen molar-refractivity contribution in [2.75, 3.05) is 4.90 Å². The maximum absolute atomic E-state index is 13.9. The number of amides is 1. The highest BCUT2D eigenvalue weighted by atomic mass is 79.9. The number of benzene rings is 2. The van der Waals surface area contributed by atoms with E-state index in [1.165, 1.54) is 12.1 Å². The second-order valence-corrected chi connectivity index (χ2v) is 8.22. The van der Waals surface area contributed by atoms with Crippen molar-refractivity contribution < 1.29 is 18.3 Å². The summed E-state index contributed by atoms with van der Waals surface area (Å²) >= 11 is 3.36. The molecule has 0 aliphatic carbocycles. The Labute approximate surface area is 186 Å². The predicted octanol–water partition coefficient (Wildman–Crippen LogP) is 5.61. The van der Waals surface area contributed by atoms with E-state index in [2.05, 4.69) is 25.9 Å². The molecule has 8 heteroatoms. The number of aromatic nitrogens is 2. The van der Waals surface area contributed by atoms with E-state index in [1.807, 2.05) is 32.0 Å². The topological polar surface area (TPSA) is 58.2 Å². The van der Waals surface area contributed by atoms with Gasteiger partial charge in [-0.1, -0.05) is 12.1 Å². The smallest absolute Gasteiger partial charge is 0.269 e. The van der Waals surface area contributed by atoms with Gasteiger partial charge in [-0.2, -0.15) is 0 Å². The van der Waals surface area contributed by atoms with Crippen LogP contribution in [-0.2, 0) is 16.1 Å².